The number of methoxy groups -OCH3 is 1. The van der Waals surface area contributed by atoms with E-state index < -0.39 is 28.8 Å². The summed E-state index contributed by atoms with van der Waals surface area (Å²) in [6.45, 7) is 0. The van der Waals surface area contributed by atoms with Crippen LogP contribution in [0, 0.1) is 0 Å². The maximum absolute atomic E-state index is 13.4. The van der Waals surface area contributed by atoms with Crippen LogP contribution in [0.1, 0.15) is 62.5 Å². The van der Waals surface area contributed by atoms with E-state index in [9.17, 15) is 22.8 Å². The fourth-order valence-electron chi connectivity index (χ4n) is 5.29. The van der Waals surface area contributed by atoms with Crippen LogP contribution in [0.4, 0.5) is 18.0 Å². The first-order valence-electron chi connectivity index (χ1n) is 11.0. The summed E-state index contributed by atoms with van der Waals surface area (Å²) in [5, 5.41) is 2.71. The molecule has 2 fully saturated rings. The summed E-state index contributed by atoms with van der Waals surface area (Å²) in [7, 11) is 1.24. The van der Waals surface area contributed by atoms with Crippen molar-refractivity contribution in [1.82, 2.24) is 10.2 Å². The first-order chi connectivity index (χ1) is 15.2. The van der Waals surface area contributed by atoms with Crippen molar-refractivity contribution in [2.75, 3.05) is 7.11 Å². The second-order valence-corrected chi connectivity index (χ2v) is 9.13. The minimum Gasteiger partial charge on any atom is -0.466 e. The molecule has 2 bridgehead atoms. The largest absolute Gasteiger partial charge is 0.466 e. The summed E-state index contributed by atoms with van der Waals surface area (Å²) >= 11 is 5.78. The minimum atomic E-state index is -4.61. The number of carbonyl (C=O) groups excluding carboxylic acids is 2. The normalized spacial score (nSPS) is 24.0. The zero-order chi connectivity index (χ0) is 23.0. The monoisotopic (exact) mass is 470 g/mol. The van der Waals surface area contributed by atoms with E-state index in [0.29, 0.717) is 18.4 Å². The lowest BCUT2D eigenvalue weighted by atomic mass is 9.87. The zero-order valence-corrected chi connectivity index (χ0v) is 18.6. The topological polar surface area (TPSA) is 58.6 Å². The Labute approximate surface area is 189 Å². The van der Waals surface area contributed by atoms with Gasteiger partial charge in [0, 0.05) is 12.1 Å². The van der Waals surface area contributed by atoms with E-state index in [2.05, 4.69) is 5.32 Å². The van der Waals surface area contributed by atoms with Crippen molar-refractivity contribution in [1.29, 1.82) is 0 Å². The second-order valence-electron chi connectivity index (χ2n) is 8.72. The number of hydrogen-bond donors (Lipinski definition) is 1. The Morgan fingerprint density at radius 2 is 1.84 bits per heavy atom. The molecule has 174 valence electrons. The van der Waals surface area contributed by atoms with Crippen molar-refractivity contribution in [3.05, 3.63) is 39.9 Å². The number of amides is 2. The highest BCUT2D eigenvalue weighted by atomic mass is 35.5. The predicted octanol–water partition coefficient (Wildman–Crippen LogP) is 5.56. The van der Waals surface area contributed by atoms with Gasteiger partial charge in [0.25, 0.3) is 0 Å². The molecule has 0 unspecified atom stereocenters. The number of hydrogen-bond acceptors (Lipinski definition) is 3. The molecule has 9 heteroatoms. The molecule has 2 aliphatic heterocycles. The molecule has 2 amide bonds. The van der Waals surface area contributed by atoms with Gasteiger partial charge in [-0.15, -0.1) is 0 Å². The number of nitrogens with zero attached hydrogens (tertiary/aromatic N) is 1. The van der Waals surface area contributed by atoms with Crippen molar-refractivity contribution in [2.45, 2.75) is 75.7 Å². The fourth-order valence-corrected chi connectivity index (χ4v) is 5.51. The second kappa shape index (κ2) is 8.96. The number of ether oxygens (including phenoxy) is 1. The Morgan fingerprint density at radius 3 is 2.50 bits per heavy atom. The van der Waals surface area contributed by atoms with Gasteiger partial charge >= 0.3 is 18.2 Å². The van der Waals surface area contributed by atoms with E-state index in [1.165, 1.54) is 25.7 Å². The molecule has 1 aromatic rings. The molecule has 3 aliphatic rings. The molecule has 1 saturated heterocycles. The van der Waals surface area contributed by atoms with E-state index >= 15 is 0 Å². The van der Waals surface area contributed by atoms with Gasteiger partial charge in [-0.2, -0.15) is 13.2 Å². The molecule has 2 atom stereocenters. The number of benzene rings is 1. The van der Waals surface area contributed by atoms with Crippen LogP contribution >= 0.6 is 11.6 Å². The van der Waals surface area contributed by atoms with Gasteiger partial charge in [0.2, 0.25) is 0 Å². The SMILES string of the molecule is COC(=O)C1=C(c2ccc(Cl)c(C(F)(F)F)c2)C[C@@H]2CC[C@H]1N2C(=O)NC1CCCCC1. The Balaban J connectivity index is 1.69. The third-order valence-electron chi connectivity index (χ3n) is 6.79. The molecule has 1 N–H and O–H groups in total. The highest BCUT2D eigenvalue weighted by Crippen LogP contribution is 2.45. The van der Waals surface area contributed by atoms with E-state index in [4.69, 9.17) is 16.3 Å². The summed E-state index contributed by atoms with van der Waals surface area (Å²) in [4.78, 5) is 27.6. The molecule has 0 radical (unpaired) electrons. The summed E-state index contributed by atoms with van der Waals surface area (Å²) in [6.07, 6.45) is 2.11. The van der Waals surface area contributed by atoms with E-state index in [1.807, 2.05) is 0 Å². The molecule has 5 nitrogen and oxygen atoms in total. The molecule has 1 aliphatic carbocycles. The quantitative estimate of drug-likeness (QED) is 0.588. The van der Waals surface area contributed by atoms with Crippen LogP contribution in [0.5, 0.6) is 0 Å². The summed E-state index contributed by atoms with van der Waals surface area (Å²) in [5.74, 6) is -0.621. The van der Waals surface area contributed by atoms with Gasteiger partial charge in [-0.1, -0.05) is 36.9 Å². The highest BCUT2D eigenvalue weighted by Gasteiger charge is 2.47. The molecule has 0 aromatic heterocycles. The van der Waals surface area contributed by atoms with Crippen LogP contribution in [0.15, 0.2) is 23.8 Å². The van der Waals surface area contributed by atoms with Crippen molar-refractivity contribution in [3.63, 3.8) is 0 Å². The smallest absolute Gasteiger partial charge is 0.417 e. The molecule has 1 saturated carbocycles. The lowest BCUT2D eigenvalue weighted by molar-refractivity contribution is -0.137. The number of urea groups is 1. The maximum atomic E-state index is 13.4. The number of esters is 1. The van der Waals surface area contributed by atoms with Crippen molar-refractivity contribution in [3.8, 4) is 0 Å². The van der Waals surface area contributed by atoms with Gasteiger partial charge in [-0.3, -0.25) is 0 Å². The molecule has 4 rings (SSSR count). The van der Waals surface area contributed by atoms with Crippen LogP contribution in [0.3, 0.4) is 0 Å². The minimum absolute atomic E-state index is 0.119. The fraction of sp³-hybridized carbons (Fsp3) is 0.565. The van der Waals surface area contributed by atoms with Crippen molar-refractivity contribution >= 4 is 29.2 Å². The zero-order valence-electron chi connectivity index (χ0n) is 17.8. The average Bonchev–Trinajstić information content (AvgIpc) is 3.07. The number of rotatable bonds is 3. The Bertz CT molecular complexity index is 941. The van der Waals surface area contributed by atoms with E-state index in [0.717, 1.165) is 31.7 Å². The van der Waals surface area contributed by atoms with Crippen LogP contribution in [0.2, 0.25) is 5.02 Å². The van der Waals surface area contributed by atoms with Gasteiger partial charge in [-0.25, -0.2) is 9.59 Å². The Hall–Kier alpha value is -2.22. The number of carbonyl (C=O) groups is 2. The van der Waals surface area contributed by atoms with Crippen LogP contribution < -0.4 is 5.32 Å². The lowest BCUT2D eigenvalue weighted by Gasteiger charge is -2.38. The Kier molecular flexibility index (Phi) is 6.43. The van der Waals surface area contributed by atoms with Crippen molar-refractivity contribution in [2.24, 2.45) is 0 Å². The molecule has 0 spiro atoms. The summed E-state index contributed by atoms with van der Waals surface area (Å²) < 4.78 is 45.2. The van der Waals surface area contributed by atoms with Crippen LogP contribution in [0.25, 0.3) is 5.57 Å². The molecular formula is C23H26ClF3N2O3. The van der Waals surface area contributed by atoms with E-state index in [1.54, 1.807) is 4.90 Å². The van der Waals surface area contributed by atoms with Crippen LogP contribution in [-0.2, 0) is 15.7 Å². The third kappa shape index (κ3) is 4.34. The number of halogens is 4. The lowest BCUT2D eigenvalue weighted by Crippen LogP contribution is -2.53. The standard InChI is InChI=1S/C23H26ClF3N2O3/c1-32-21(30)20-16(13-7-9-18(24)17(11-13)23(25,26)27)12-15-8-10-19(20)29(15)22(31)28-14-5-3-2-4-6-14/h7,9,11,14-15,19H,2-6,8,10,12H2,1H3,(H,28,31)/t15-,19+/m0/s1. The highest BCUT2D eigenvalue weighted by molar-refractivity contribution is 6.31. The van der Waals surface area contributed by atoms with Gasteiger partial charge in [0.1, 0.15) is 0 Å². The van der Waals surface area contributed by atoms with Crippen molar-refractivity contribution < 1.29 is 27.5 Å². The molecule has 32 heavy (non-hydrogen) atoms. The van der Waals surface area contributed by atoms with Gasteiger partial charge < -0.3 is 15.0 Å². The summed E-state index contributed by atoms with van der Waals surface area (Å²) in [5.41, 5.74) is 0.0910. The number of alkyl halides is 3. The number of fused-ring (bicyclic) bond motifs is 2. The Morgan fingerprint density at radius 1 is 1.12 bits per heavy atom. The first-order valence-corrected chi connectivity index (χ1v) is 11.4. The molecule has 1 aromatic carbocycles. The molecular weight excluding hydrogens is 445 g/mol. The predicted molar refractivity (Wildman–Crippen MR) is 114 cm³/mol. The van der Waals surface area contributed by atoms with Gasteiger partial charge in [0.15, 0.2) is 0 Å². The maximum Gasteiger partial charge on any atom is 0.417 e. The van der Waals surface area contributed by atoms with E-state index in [-0.39, 0.29) is 35.7 Å². The van der Waals surface area contributed by atoms with Crippen LogP contribution in [-0.4, -0.2) is 42.1 Å². The first kappa shape index (κ1) is 23.0. The van der Waals surface area contributed by atoms with Gasteiger partial charge in [0.05, 0.1) is 29.3 Å². The van der Waals surface area contributed by atoms with Gasteiger partial charge in [-0.05, 0) is 55.4 Å². The average molecular weight is 471 g/mol. The number of nitrogens with one attached hydrogen (secondary N) is 1. The third-order valence-corrected chi connectivity index (χ3v) is 7.12. The molecule has 2 heterocycles. The summed E-state index contributed by atoms with van der Waals surface area (Å²) in [6, 6.07) is 2.88.